The highest BCUT2D eigenvalue weighted by atomic mass is 35.5. The fraction of sp³-hybridized carbons (Fsp3) is 0.364. The number of thiocarbonyl (C=S) groups is 1. The van der Waals surface area contributed by atoms with Crippen LogP contribution in [0.1, 0.15) is 0 Å². The molecule has 16 heavy (non-hydrogen) atoms. The van der Waals surface area contributed by atoms with Crippen LogP contribution in [0.25, 0.3) is 0 Å². The Morgan fingerprint density at radius 1 is 1.31 bits per heavy atom. The van der Waals surface area contributed by atoms with E-state index in [1.54, 1.807) is 0 Å². The van der Waals surface area contributed by atoms with Crippen LogP contribution in [-0.2, 0) is 0 Å². The van der Waals surface area contributed by atoms with Gasteiger partial charge in [-0.05, 0) is 24.4 Å². The van der Waals surface area contributed by atoms with Gasteiger partial charge in [-0.25, -0.2) is 0 Å². The minimum absolute atomic E-state index is 0.694. The molecule has 0 unspecified atom stereocenters. The predicted octanol–water partition coefficient (Wildman–Crippen LogP) is 1.94. The molecule has 3 nitrogen and oxygen atoms in total. The van der Waals surface area contributed by atoms with Gasteiger partial charge < -0.3 is 15.5 Å². The fourth-order valence-corrected chi connectivity index (χ4v) is 2.10. The van der Waals surface area contributed by atoms with Crippen LogP contribution in [-0.4, -0.2) is 36.2 Å². The maximum atomic E-state index is 6.05. The summed E-state index contributed by atoms with van der Waals surface area (Å²) in [4.78, 5) is 2.15. The van der Waals surface area contributed by atoms with Crippen molar-refractivity contribution in [3.05, 3.63) is 29.3 Å². The van der Waals surface area contributed by atoms with Crippen molar-refractivity contribution in [3.63, 3.8) is 0 Å². The predicted molar refractivity (Wildman–Crippen MR) is 72.1 cm³/mol. The minimum atomic E-state index is 0.694. The van der Waals surface area contributed by atoms with Gasteiger partial charge in [-0.3, -0.25) is 0 Å². The SMILES string of the molecule is S=C(Nc1ccccc1Cl)N1CCNCC1. The van der Waals surface area contributed by atoms with Crippen LogP contribution < -0.4 is 10.6 Å². The van der Waals surface area contributed by atoms with Crippen molar-refractivity contribution >= 4 is 34.6 Å². The number of benzene rings is 1. The number of nitrogens with one attached hydrogen (secondary N) is 2. The number of nitrogens with zero attached hydrogens (tertiary/aromatic N) is 1. The molecular weight excluding hydrogens is 242 g/mol. The molecule has 0 radical (unpaired) electrons. The molecule has 1 saturated heterocycles. The van der Waals surface area contributed by atoms with Crippen LogP contribution in [0.5, 0.6) is 0 Å². The summed E-state index contributed by atoms with van der Waals surface area (Å²) in [6.07, 6.45) is 0. The topological polar surface area (TPSA) is 27.3 Å². The molecule has 0 spiro atoms. The number of halogens is 1. The highest BCUT2D eigenvalue weighted by molar-refractivity contribution is 7.80. The Hall–Kier alpha value is -0.840. The zero-order valence-electron chi connectivity index (χ0n) is 8.87. The summed E-state index contributed by atoms with van der Waals surface area (Å²) in [6.45, 7) is 3.83. The maximum Gasteiger partial charge on any atom is 0.173 e. The van der Waals surface area contributed by atoms with E-state index in [0.29, 0.717) is 5.02 Å². The Bertz CT molecular complexity index is 377. The summed E-state index contributed by atoms with van der Waals surface area (Å²) in [5, 5.41) is 7.91. The zero-order chi connectivity index (χ0) is 11.4. The van der Waals surface area contributed by atoms with Crippen molar-refractivity contribution < 1.29 is 0 Å². The van der Waals surface area contributed by atoms with Gasteiger partial charge in [-0.2, -0.15) is 0 Å². The Morgan fingerprint density at radius 3 is 2.69 bits per heavy atom. The van der Waals surface area contributed by atoms with Crippen LogP contribution in [0.3, 0.4) is 0 Å². The van der Waals surface area contributed by atoms with Crippen molar-refractivity contribution in [1.82, 2.24) is 10.2 Å². The maximum absolute atomic E-state index is 6.05. The molecule has 5 heteroatoms. The second-order valence-corrected chi connectivity index (χ2v) is 4.44. The lowest BCUT2D eigenvalue weighted by atomic mass is 10.3. The third-order valence-corrected chi connectivity index (χ3v) is 3.21. The molecule has 2 N–H and O–H groups in total. The molecule has 0 aliphatic carbocycles. The minimum Gasteiger partial charge on any atom is -0.346 e. The fourth-order valence-electron chi connectivity index (χ4n) is 1.62. The second-order valence-electron chi connectivity index (χ2n) is 3.65. The lowest BCUT2D eigenvalue weighted by Gasteiger charge is -2.30. The third-order valence-electron chi connectivity index (χ3n) is 2.52. The Labute approximate surface area is 106 Å². The second kappa shape index (κ2) is 5.48. The Kier molecular flexibility index (Phi) is 3.98. The van der Waals surface area contributed by atoms with Crippen LogP contribution in [0.4, 0.5) is 5.69 Å². The highest BCUT2D eigenvalue weighted by Gasteiger charge is 2.13. The zero-order valence-corrected chi connectivity index (χ0v) is 10.4. The number of piperazine rings is 1. The standard InChI is InChI=1S/C11H14ClN3S/c12-9-3-1-2-4-10(9)14-11(16)15-7-5-13-6-8-15/h1-4,13H,5-8H2,(H,14,16). The van der Waals surface area contributed by atoms with E-state index in [1.807, 2.05) is 24.3 Å². The summed E-state index contributed by atoms with van der Waals surface area (Å²) in [5.41, 5.74) is 0.868. The van der Waals surface area contributed by atoms with E-state index in [-0.39, 0.29) is 0 Å². The molecule has 0 aromatic heterocycles. The number of rotatable bonds is 1. The van der Waals surface area contributed by atoms with Gasteiger partial charge in [0.15, 0.2) is 5.11 Å². The molecule has 1 heterocycles. The molecule has 1 aliphatic rings. The average molecular weight is 256 g/mol. The first-order chi connectivity index (χ1) is 7.77. The molecule has 1 aromatic carbocycles. The van der Waals surface area contributed by atoms with Gasteiger partial charge in [-0.1, -0.05) is 23.7 Å². The van der Waals surface area contributed by atoms with Gasteiger partial charge >= 0.3 is 0 Å². The Balaban J connectivity index is 1.99. The van der Waals surface area contributed by atoms with E-state index >= 15 is 0 Å². The van der Waals surface area contributed by atoms with Crippen molar-refractivity contribution in [2.45, 2.75) is 0 Å². The number of hydrogen-bond donors (Lipinski definition) is 2. The van der Waals surface area contributed by atoms with E-state index in [0.717, 1.165) is 37.0 Å². The molecule has 2 rings (SSSR count). The molecule has 0 bridgehead atoms. The summed E-state index contributed by atoms with van der Waals surface area (Å²) in [6, 6.07) is 7.62. The van der Waals surface area contributed by atoms with Gasteiger partial charge in [0.25, 0.3) is 0 Å². The van der Waals surface area contributed by atoms with E-state index < -0.39 is 0 Å². The van der Waals surface area contributed by atoms with Gasteiger partial charge in [-0.15, -0.1) is 0 Å². The van der Waals surface area contributed by atoms with Crippen LogP contribution >= 0.6 is 23.8 Å². The molecule has 1 aromatic rings. The normalized spacial score (nSPS) is 15.9. The number of anilines is 1. The molecule has 0 saturated carbocycles. The molecule has 1 fully saturated rings. The molecule has 86 valence electrons. The monoisotopic (exact) mass is 255 g/mol. The average Bonchev–Trinajstić information content (AvgIpc) is 2.33. The van der Waals surface area contributed by atoms with E-state index in [1.165, 1.54) is 0 Å². The molecule has 0 amide bonds. The first-order valence-electron chi connectivity index (χ1n) is 5.28. The smallest absolute Gasteiger partial charge is 0.173 e. The molecular formula is C11H14ClN3S. The summed E-state index contributed by atoms with van der Waals surface area (Å²) >= 11 is 11.4. The largest absolute Gasteiger partial charge is 0.346 e. The van der Waals surface area contributed by atoms with E-state index in [4.69, 9.17) is 23.8 Å². The first kappa shape index (κ1) is 11.6. The molecule has 1 aliphatic heterocycles. The van der Waals surface area contributed by atoms with Crippen molar-refractivity contribution in [1.29, 1.82) is 0 Å². The Morgan fingerprint density at radius 2 is 2.00 bits per heavy atom. The van der Waals surface area contributed by atoms with Crippen LogP contribution in [0.2, 0.25) is 5.02 Å². The highest BCUT2D eigenvalue weighted by Crippen LogP contribution is 2.20. The van der Waals surface area contributed by atoms with E-state index in [9.17, 15) is 0 Å². The number of hydrogen-bond acceptors (Lipinski definition) is 2. The number of para-hydroxylation sites is 1. The van der Waals surface area contributed by atoms with Crippen molar-refractivity contribution in [3.8, 4) is 0 Å². The van der Waals surface area contributed by atoms with Crippen molar-refractivity contribution in [2.75, 3.05) is 31.5 Å². The lowest BCUT2D eigenvalue weighted by Crippen LogP contribution is -2.47. The molecule has 0 atom stereocenters. The van der Waals surface area contributed by atoms with Crippen molar-refractivity contribution in [2.24, 2.45) is 0 Å². The summed E-state index contributed by atoms with van der Waals surface area (Å²) in [7, 11) is 0. The van der Waals surface area contributed by atoms with Gasteiger partial charge in [0.2, 0.25) is 0 Å². The lowest BCUT2D eigenvalue weighted by molar-refractivity contribution is 0.362. The first-order valence-corrected chi connectivity index (χ1v) is 6.07. The third kappa shape index (κ3) is 2.84. The van der Waals surface area contributed by atoms with E-state index in [2.05, 4.69) is 15.5 Å². The van der Waals surface area contributed by atoms with Crippen LogP contribution in [0.15, 0.2) is 24.3 Å². The summed E-state index contributed by atoms with van der Waals surface area (Å²) in [5.74, 6) is 0. The van der Waals surface area contributed by atoms with Gasteiger partial charge in [0, 0.05) is 26.2 Å². The summed E-state index contributed by atoms with van der Waals surface area (Å²) < 4.78 is 0. The van der Waals surface area contributed by atoms with Crippen LogP contribution in [0, 0.1) is 0 Å². The quantitative estimate of drug-likeness (QED) is 0.750. The van der Waals surface area contributed by atoms with Gasteiger partial charge in [0.05, 0.1) is 10.7 Å². The van der Waals surface area contributed by atoms with Gasteiger partial charge in [0.1, 0.15) is 0 Å².